The number of benzene rings is 1. The Morgan fingerprint density at radius 1 is 0.897 bits per heavy atom. The van der Waals surface area contributed by atoms with E-state index in [1.807, 2.05) is 39.0 Å². The number of aliphatic carboxylic acids is 3. The summed E-state index contributed by atoms with van der Waals surface area (Å²) in [6.45, 7) is 8.86. The van der Waals surface area contributed by atoms with Crippen molar-refractivity contribution in [3.8, 4) is 0 Å². The Morgan fingerprint density at radius 2 is 1.31 bits per heavy atom. The van der Waals surface area contributed by atoms with Gasteiger partial charge in [-0.1, -0.05) is 0 Å². The third-order valence-corrected chi connectivity index (χ3v) is 4.02. The summed E-state index contributed by atoms with van der Waals surface area (Å²) in [5, 5.41) is 23.4. The molecule has 0 saturated carbocycles. The van der Waals surface area contributed by atoms with Crippen LogP contribution in [0.2, 0.25) is 0 Å². The van der Waals surface area contributed by atoms with Crippen molar-refractivity contribution in [2.75, 3.05) is 0 Å². The molecule has 29 heavy (non-hydrogen) atoms. The zero-order valence-corrected chi connectivity index (χ0v) is 21.1. The normalized spacial score (nSPS) is 9.48. The van der Waals surface area contributed by atoms with Crippen LogP contribution in [0, 0.1) is 0 Å². The Morgan fingerprint density at radius 3 is 1.69 bits per heavy atom. The first-order valence-electron chi connectivity index (χ1n) is 8.22. The summed E-state index contributed by atoms with van der Waals surface area (Å²) in [7, 11) is 0. The van der Waals surface area contributed by atoms with Crippen molar-refractivity contribution in [1.82, 2.24) is 4.57 Å². The second-order valence-corrected chi connectivity index (χ2v) is 8.56. The van der Waals surface area contributed by atoms with Crippen molar-refractivity contribution >= 4 is 63.8 Å². The molecule has 0 aliphatic carbocycles. The molecule has 3 radical (unpaired) electrons. The first-order chi connectivity index (χ1) is 13.1. The second kappa shape index (κ2) is 13.7. The van der Waals surface area contributed by atoms with Gasteiger partial charge in [-0.2, -0.15) is 0 Å². The van der Waals surface area contributed by atoms with E-state index in [1.54, 1.807) is 10.8 Å². The molecule has 0 aliphatic heterocycles. The molecule has 0 bridgehead atoms. The van der Waals surface area contributed by atoms with Crippen LogP contribution < -0.4 is 3.12 Å². The Bertz CT molecular complexity index is 796. The number of rotatable bonds is 0. The van der Waals surface area contributed by atoms with E-state index in [2.05, 4.69) is 6.07 Å². The summed E-state index contributed by atoms with van der Waals surface area (Å²) in [5.41, 5.74) is 0.457. The topological polar surface area (TPSA) is 143 Å². The maximum atomic E-state index is 12.0. The van der Waals surface area contributed by atoms with Gasteiger partial charge in [0.15, 0.2) is 0 Å². The standard InChI is InChI=1S/C13H14NO2.3C2H4O2.Pb/c1-13(2,3)16-12(15)14-9-8-10-6-4-5-7-11(10)14;3*1-2(3)4;/h4-5,7-9H,1-3H3;3*1H3,(H,3,4);. The van der Waals surface area contributed by atoms with Crippen molar-refractivity contribution in [3.63, 3.8) is 0 Å². The molecule has 1 heterocycles. The summed E-state index contributed by atoms with van der Waals surface area (Å²) in [6.07, 6.45) is 1.46. The number of hydrogen-bond donors (Lipinski definition) is 3. The van der Waals surface area contributed by atoms with Crippen molar-refractivity contribution in [2.45, 2.75) is 47.1 Å². The molecule has 0 aliphatic rings. The van der Waals surface area contributed by atoms with E-state index >= 15 is 0 Å². The predicted octanol–water partition coefficient (Wildman–Crippen LogP) is 2.49. The minimum atomic E-state index is -0.833. The van der Waals surface area contributed by atoms with E-state index < -0.39 is 23.5 Å². The fourth-order valence-electron chi connectivity index (χ4n) is 1.64. The first-order valence-corrected chi connectivity index (χ1v) is 10.2. The van der Waals surface area contributed by atoms with Gasteiger partial charge in [0.25, 0.3) is 17.9 Å². The van der Waals surface area contributed by atoms with Crippen LogP contribution in [-0.4, -0.2) is 75.3 Å². The molecular weight excluding hydrogens is 577 g/mol. The number of hydrogen-bond acceptors (Lipinski definition) is 5. The van der Waals surface area contributed by atoms with E-state index in [0.717, 1.165) is 57.4 Å². The van der Waals surface area contributed by atoms with Crippen LogP contribution in [0.1, 0.15) is 41.5 Å². The van der Waals surface area contributed by atoms with Crippen LogP contribution in [0.15, 0.2) is 30.5 Å². The molecule has 3 N–H and O–H groups in total. The Hall–Kier alpha value is -2.44. The summed E-state index contributed by atoms with van der Waals surface area (Å²) in [5.74, 6) is -2.50. The van der Waals surface area contributed by atoms with Gasteiger partial charge in [-0.25, -0.2) is 0 Å². The number of carboxylic acid groups (broad SMARTS) is 3. The molecule has 2 rings (SSSR count). The Balaban J connectivity index is 0. The van der Waals surface area contributed by atoms with E-state index in [-0.39, 0.29) is 6.09 Å². The molecule has 2 aromatic rings. The Labute approximate surface area is 185 Å². The zero-order valence-electron chi connectivity index (χ0n) is 17.2. The van der Waals surface area contributed by atoms with Gasteiger partial charge >= 0.3 is 117 Å². The molecule has 0 fully saturated rings. The summed E-state index contributed by atoms with van der Waals surface area (Å²) >= 11 is 0.973. The number of carbonyl (C=O) groups excluding carboxylic acids is 1. The quantitative estimate of drug-likeness (QED) is 0.390. The average molecular weight is 604 g/mol. The molecular formula is C19H26NO8Pb. The van der Waals surface area contributed by atoms with Gasteiger partial charge in [0.05, 0.1) is 0 Å². The monoisotopic (exact) mass is 604 g/mol. The van der Waals surface area contributed by atoms with Crippen LogP contribution in [0.4, 0.5) is 4.79 Å². The second-order valence-electron chi connectivity index (χ2n) is 6.46. The fourth-order valence-corrected chi connectivity index (χ4v) is 2.83. The summed E-state index contributed by atoms with van der Waals surface area (Å²) < 4.78 is 8.23. The number of fused-ring (bicyclic) bond motifs is 1. The summed E-state index contributed by atoms with van der Waals surface area (Å²) in [6, 6.07) is 7.99. The molecule has 0 unspecified atom stereocenters. The third kappa shape index (κ3) is 16.2. The molecule has 10 heteroatoms. The van der Waals surface area contributed by atoms with Gasteiger partial charge in [-0.05, 0) is 0 Å². The van der Waals surface area contributed by atoms with Crippen molar-refractivity contribution in [1.29, 1.82) is 0 Å². The fraction of sp³-hybridized carbons (Fsp3) is 0.368. The van der Waals surface area contributed by atoms with E-state index in [1.165, 1.54) is 3.12 Å². The van der Waals surface area contributed by atoms with E-state index in [4.69, 9.17) is 34.4 Å². The molecule has 1 aromatic carbocycles. The van der Waals surface area contributed by atoms with Crippen LogP contribution in [0.3, 0.4) is 0 Å². The summed E-state index contributed by atoms with van der Waals surface area (Å²) in [4.78, 5) is 39.0. The number of carbonyl (C=O) groups is 4. The van der Waals surface area contributed by atoms with Gasteiger partial charge in [-0.15, -0.1) is 0 Å². The third-order valence-electron chi connectivity index (χ3n) is 2.32. The van der Waals surface area contributed by atoms with Gasteiger partial charge in [0.2, 0.25) is 0 Å². The van der Waals surface area contributed by atoms with Gasteiger partial charge in [-0.3, -0.25) is 14.4 Å². The molecule has 159 valence electrons. The number of carboxylic acids is 3. The van der Waals surface area contributed by atoms with Crippen molar-refractivity contribution in [3.05, 3.63) is 30.5 Å². The van der Waals surface area contributed by atoms with E-state index in [0.29, 0.717) is 0 Å². The van der Waals surface area contributed by atoms with Gasteiger partial charge < -0.3 is 15.3 Å². The van der Waals surface area contributed by atoms with Crippen LogP contribution in [-0.2, 0) is 19.1 Å². The molecule has 9 nitrogen and oxygen atoms in total. The molecule has 0 saturated heterocycles. The van der Waals surface area contributed by atoms with Crippen molar-refractivity contribution in [2.24, 2.45) is 0 Å². The minimum absolute atomic E-state index is 0.320. The van der Waals surface area contributed by atoms with Gasteiger partial charge in [0.1, 0.15) is 0 Å². The number of aromatic nitrogens is 1. The predicted molar refractivity (Wildman–Crippen MR) is 109 cm³/mol. The molecule has 0 amide bonds. The van der Waals surface area contributed by atoms with Crippen LogP contribution in [0.5, 0.6) is 0 Å². The van der Waals surface area contributed by atoms with Gasteiger partial charge in [0, 0.05) is 20.8 Å². The Kier molecular flexibility index (Phi) is 13.6. The van der Waals surface area contributed by atoms with Crippen LogP contribution >= 0.6 is 0 Å². The van der Waals surface area contributed by atoms with E-state index in [9.17, 15) is 4.79 Å². The van der Waals surface area contributed by atoms with Crippen molar-refractivity contribution < 1.29 is 39.2 Å². The zero-order chi connectivity index (χ0) is 23.4. The molecule has 0 atom stereocenters. The number of ether oxygens (including phenoxy) is 1. The molecule has 0 spiro atoms. The first kappa shape index (κ1) is 28.8. The number of nitrogens with zero attached hydrogens (tertiary/aromatic N) is 1. The van der Waals surface area contributed by atoms with Crippen LogP contribution in [0.25, 0.3) is 10.9 Å². The molecule has 1 aromatic heterocycles. The maximum absolute atomic E-state index is 12.0. The average Bonchev–Trinajstić information content (AvgIpc) is 2.89. The SMILES string of the molecule is CC(=O)O.CC(=O)O.CC(=O)O.CC(C)(C)OC(=O)n1ccc2[c]([Pb])cccc21.